The monoisotopic (exact) mass is 375 g/mol. The lowest BCUT2D eigenvalue weighted by Gasteiger charge is -2.29. The quantitative estimate of drug-likeness (QED) is 0.707. The van der Waals surface area contributed by atoms with Crippen LogP contribution in [0, 0.1) is 0 Å². The van der Waals surface area contributed by atoms with Gasteiger partial charge in [0.2, 0.25) is 0 Å². The smallest absolute Gasteiger partial charge is 0.379 e. The minimum atomic E-state index is -4.31. The molecule has 1 aliphatic rings. The molecule has 1 aromatic heterocycles. The first kappa shape index (κ1) is 18.0. The minimum absolute atomic E-state index is 0.275. The van der Waals surface area contributed by atoms with Gasteiger partial charge in [-0.25, -0.2) is 0 Å². The van der Waals surface area contributed by atoms with Crippen LogP contribution < -0.4 is 5.32 Å². The molecule has 1 fully saturated rings. The number of halogens is 3. The Balaban J connectivity index is 1.47. The van der Waals surface area contributed by atoms with Gasteiger partial charge in [0.15, 0.2) is 0 Å². The Hall–Kier alpha value is -2.38. The molecule has 0 radical (unpaired) electrons. The van der Waals surface area contributed by atoms with Gasteiger partial charge in [-0.2, -0.15) is 18.3 Å². The van der Waals surface area contributed by atoms with E-state index in [2.05, 4.69) is 21.6 Å². The van der Waals surface area contributed by atoms with Crippen molar-refractivity contribution in [2.24, 2.45) is 0 Å². The van der Waals surface area contributed by atoms with E-state index < -0.39 is 11.7 Å². The largest absolute Gasteiger partial charge is 0.416 e. The lowest BCUT2D eigenvalue weighted by molar-refractivity contribution is -0.137. The first-order valence-electron chi connectivity index (χ1n) is 8.85. The highest BCUT2D eigenvalue weighted by atomic mass is 19.4. The summed E-state index contributed by atoms with van der Waals surface area (Å²) >= 11 is 0. The number of nitrogens with zero attached hydrogens (tertiary/aromatic N) is 1. The normalized spacial score (nSPS) is 20.4. The SMILES string of the molecule is FC(F)(F)c1ccc(CC2(NCc3ccc4cn[nH]c4c3)CCOC2)cc1. The van der Waals surface area contributed by atoms with Crippen LogP contribution >= 0.6 is 0 Å². The first-order chi connectivity index (χ1) is 12.9. The highest BCUT2D eigenvalue weighted by Crippen LogP contribution is 2.30. The molecule has 2 N–H and O–H groups in total. The highest BCUT2D eigenvalue weighted by Gasteiger charge is 2.35. The van der Waals surface area contributed by atoms with Gasteiger partial charge in [-0.1, -0.05) is 24.3 Å². The molecule has 0 aliphatic carbocycles. The molecule has 4 rings (SSSR count). The number of fused-ring (bicyclic) bond motifs is 1. The first-order valence-corrected chi connectivity index (χ1v) is 8.85. The van der Waals surface area contributed by atoms with Crippen LogP contribution in [0.5, 0.6) is 0 Å². The average Bonchev–Trinajstić information content (AvgIpc) is 3.29. The maximum Gasteiger partial charge on any atom is 0.416 e. The van der Waals surface area contributed by atoms with E-state index in [0.717, 1.165) is 40.6 Å². The van der Waals surface area contributed by atoms with Crippen LogP contribution in [0.25, 0.3) is 10.9 Å². The number of nitrogens with one attached hydrogen (secondary N) is 2. The topological polar surface area (TPSA) is 49.9 Å². The second kappa shape index (κ2) is 6.98. The Labute approximate surface area is 154 Å². The van der Waals surface area contributed by atoms with E-state index in [1.807, 2.05) is 12.1 Å². The van der Waals surface area contributed by atoms with E-state index in [9.17, 15) is 13.2 Å². The number of rotatable bonds is 5. The zero-order chi connectivity index (χ0) is 18.9. The Bertz CT molecular complexity index is 912. The average molecular weight is 375 g/mol. The number of aromatic amines is 1. The third-order valence-electron chi connectivity index (χ3n) is 5.10. The van der Waals surface area contributed by atoms with Gasteiger partial charge >= 0.3 is 6.18 Å². The number of H-pyrrole nitrogens is 1. The van der Waals surface area contributed by atoms with Crippen LogP contribution in [0.15, 0.2) is 48.7 Å². The number of alkyl halides is 3. The second-order valence-corrected chi connectivity index (χ2v) is 7.10. The molecule has 1 saturated heterocycles. The Morgan fingerprint density at radius 2 is 1.89 bits per heavy atom. The molecule has 1 unspecified atom stereocenters. The van der Waals surface area contributed by atoms with E-state index in [0.29, 0.717) is 26.2 Å². The van der Waals surface area contributed by atoms with Crippen LogP contribution in [0.4, 0.5) is 13.2 Å². The third-order valence-corrected chi connectivity index (χ3v) is 5.10. The number of aromatic nitrogens is 2. The second-order valence-electron chi connectivity index (χ2n) is 7.10. The Kier molecular flexibility index (Phi) is 4.65. The van der Waals surface area contributed by atoms with Crippen molar-refractivity contribution in [3.05, 3.63) is 65.4 Å². The summed E-state index contributed by atoms with van der Waals surface area (Å²) in [7, 11) is 0. The molecule has 142 valence electrons. The van der Waals surface area contributed by atoms with Gasteiger partial charge in [-0.3, -0.25) is 5.10 Å². The van der Waals surface area contributed by atoms with Crippen molar-refractivity contribution in [1.82, 2.24) is 15.5 Å². The summed E-state index contributed by atoms with van der Waals surface area (Å²) in [6, 6.07) is 11.5. The summed E-state index contributed by atoms with van der Waals surface area (Å²) in [4.78, 5) is 0. The molecular formula is C20H20F3N3O. The van der Waals surface area contributed by atoms with Crippen LogP contribution in [0.2, 0.25) is 0 Å². The number of benzene rings is 2. The molecule has 0 saturated carbocycles. The molecular weight excluding hydrogens is 355 g/mol. The van der Waals surface area contributed by atoms with Gasteiger partial charge in [0, 0.05) is 24.1 Å². The van der Waals surface area contributed by atoms with Gasteiger partial charge in [0.1, 0.15) is 0 Å². The molecule has 1 aliphatic heterocycles. The van der Waals surface area contributed by atoms with Crippen molar-refractivity contribution >= 4 is 10.9 Å². The van der Waals surface area contributed by atoms with E-state index in [1.165, 1.54) is 0 Å². The molecule has 0 spiro atoms. The van der Waals surface area contributed by atoms with Crippen molar-refractivity contribution in [1.29, 1.82) is 0 Å². The molecule has 0 bridgehead atoms. The summed E-state index contributed by atoms with van der Waals surface area (Å²) in [6.07, 6.45) is -1.09. The van der Waals surface area contributed by atoms with Crippen molar-refractivity contribution in [3.8, 4) is 0 Å². The van der Waals surface area contributed by atoms with Crippen LogP contribution in [0.1, 0.15) is 23.1 Å². The lowest BCUT2D eigenvalue weighted by Crippen LogP contribution is -2.47. The van der Waals surface area contributed by atoms with Gasteiger partial charge in [0.05, 0.1) is 23.9 Å². The summed E-state index contributed by atoms with van der Waals surface area (Å²) in [5, 5.41) is 11.6. The fourth-order valence-corrected chi connectivity index (χ4v) is 3.53. The zero-order valence-corrected chi connectivity index (χ0v) is 14.6. The molecule has 3 aromatic rings. The number of ether oxygens (including phenoxy) is 1. The molecule has 27 heavy (non-hydrogen) atoms. The summed E-state index contributed by atoms with van der Waals surface area (Å²) < 4.78 is 43.9. The van der Waals surface area contributed by atoms with E-state index >= 15 is 0 Å². The van der Waals surface area contributed by atoms with Gasteiger partial charge in [-0.05, 0) is 42.2 Å². The highest BCUT2D eigenvalue weighted by molar-refractivity contribution is 5.78. The predicted octanol–water partition coefficient (Wildman–Crippen LogP) is 4.07. The van der Waals surface area contributed by atoms with E-state index in [1.54, 1.807) is 18.3 Å². The summed E-state index contributed by atoms with van der Waals surface area (Å²) in [6.45, 7) is 1.84. The fraction of sp³-hybridized carbons (Fsp3) is 0.350. The van der Waals surface area contributed by atoms with Crippen LogP contribution in [0.3, 0.4) is 0 Å². The molecule has 1 atom stereocenters. The fourth-order valence-electron chi connectivity index (χ4n) is 3.53. The third kappa shape index (κ3) is 3.99. The summed E-state index contributed by atoms with van der Waals surface area (Å²) in [5.41, 5.74) is 2.07. The number of hydrogen-bond donors (Lipinski definition) is 2. The zero-order valence-electron chi connectivity index (χ0n) is 14.6. The standard InChI is InChI=1S/C20H20F3N3O/c21-20(22,23)17-5-2-14(3-6-17)10-19(7-8-27-13-19)24-11-15-1-4-16-12-25-26-18(16)9-15/h1-6,9,12,24H,7-8,10-11,13H2,(H,25,26). The van der Waals surface area contributed by atoms with Crippen molar-refractivity contribution in [2.75, 3.05) is 13.2 Å². The Morgan fingerprint density at radius 3 is 2.59 bits per heavy atom. The van der Waals surface area contributed by atoms with Crippen molar-refractivity contribution in [3.63, 3.8) is 0 Å². The molecule has 4 nitrogen and oxygen atoms in total. The maximum atomic E-state index is 12.8. The summed E-state index contributed by atoms with van der Waals surface area (Å²) in [5.74, 6) is 0. The molecule has 2 heterocycles. The lowest BCUT2D eigenvalue weighted by atomic mass is 9.89. The van der Waals surface area contributed by atoms with Crippen molar-refractivity contribution < 1.29 is 17.9 Å². The van der Waals surface area contributed by atoms with Crippen LogP contribution in [-0.2, 0) is 23.9 Å². The van der Waals surface area contributed by atoms with Crippen molar-refractivity contribution in [2.45, 2.75) is 31.1 Å². The van der Waals surface area contributed by atoms with Gasteiger partial charge < -0.3 is 10.1 Å². The molecule has 7 heteroatoms. The molecule has 0 amide bonds. The van der Waals surface area contributed by atoms with E-state index in [-0.39, 0.29) is 5.54 Å². The maximum absolute atomic E-state index is 12.8. The van der Waals surface area contributed by atoms with Gasteiger partial charge in [0.25, 0.3) is 0 Å². The van der Waals surface area contributed by atoms with Crippen LogP contribution in [-0.4, -0.2) is 29.0 Å². The van der Waals surface area contributed by atoms with Gasteiger partial charge in [-0.15, -0.1) is 0 Å². The predicted molar refractivity (Wildman–Crippen MR) is 96.2 cm³/mol. The number of hydrogen-bond acceptors (Lipinski definition) is 3. The molecule has 2 aromatic carbocycles. The Morgan fingerprint density at radius 1 is 1.11 bits per heavy atom. The minimum Gasteiger partial charge on any atom is -0.379 e. The van der Waals surface area contributed by atoms with E-state index in [4.69, 9.17) is 4.74 Å².